The van der Waals surface area contributed by atoms with Gasteiger partial charge in [0.15, 0.2) is 4.08 Å². The third-order valence-corrected chi connectivity index (χ3v) is 4.24. The van der Waals surface area contributed by atoms with Crippen molar-refractivity contribution < 1.29 is 32.1 Å². The Labute approximate surface area is 157 Å². The molecule has 0 N–H and O–H groups in total. The molecule has 0 aliphatic carbocycles. The number of hydrogen-bond donors (Lipinski definition) is 0. The third kappa shape index (κ3) is 4.94. The van der Waals surface area contributed by atoms with Crippen LogP contribution in [0.15, 0.2) is 57.7 Å². The largest absolute Gasteiger partial charge is 0.497 e. The molecule has 0 saturated heterocycles. The van der Waals surface area contributed by atoms with Gasteiger partial charge in [0.1, 0.15) is 11.9 Å². The minimum atomic E-state index is -0.176. The molecule has 24 heavy (non-hydrogen) atoms. The molecule has 0 fully saturated rings. The zero-order valence-corrected chi connectivity index (χ0v) is 16.3. The van der Waals surface area contributed by atoms with Gasteiger partial charge in [0.05, 0.1) is 19.8 Å². The summed E-state index contributed by atoms with van der Waals surface area (Å²) in [5, 5.41) is 8.92. The summed E-state index contributed by atoms with van der Waals surface area (Å²) in [7, 11) is 3.72. The van der Waals surface area contributed by atoms with E-state index >= 15 is 0 Å². The van der Waals surface area contributed by atoms with Crippen molar-refractivity contribution in [3.63, 3.8) is 0 Å². The molecule has 0 bridgehead atoms. The van der Waals surface area contributed by atoms with E-state index in [4.69, 9.17) is 14.7 Å². The number of benzene rings is 1. The SMILES string of the molecule is COc1cccc(C2OCCN(C)CC(/C=C/C#N)=C2/C=C\[IH+])c1. The lowest BCUT2D eigenvalue weighted by Gasteiger charge is -2.28. The van der Waals surface area contributed by atoms with Gasteiger partial charge in [-0.1, -0.05) is 12.1 Å². The van der Waals surface area contributed by atoms with Crippen LogP contribution in [0.4, 0.5) is 0 Å². The fourth-order valence-electron chi connectivity index (χ4n) is 2.68. The Balaban J connectivity index is 2.55. The zero-order chi connectivity index (χ0) is 17.4. The third-order valence-electron chi connectivity index (χ3n) is 3.85. The minimum Gasteiger partial charge on any atom is -0.497 e. The highest BCUT2D eigenvalue weighted by molar-refractivity contribution is 5.43. The molecular formula is C19H22IN2O2+. The Morgan fingerprint density at radius 3 is 2.96 bits per heavy atom. The summed E-state index contributed by atoms with van der Waals surface area (Å²) in [6.45, 7) is 2.27. The average molecular weight is 437 g/mol. The molecule has 1 aromatic carbocycles. The number of likely N-dealkylation sites (N-methyl/N-ethyl adjacent to an activating group) is 1. The first-order chi connectivity index (χ1) is 11.7. The van der Waals surface area contributed by atoms with Crippen molar-refractivity contribution in [2.75, 3.05) is 33.9 Å². The van der Waals surface area contributed by atoms with Gasteiger partial charge in [-0.25, -0.2) is 0 Å². The molecule has 2 rings (SSSR count). The lowest BCUT2D eigenvalue weighted by atomic mass is 9.95. The zero-order valence-electron chi connectivity index (χ0n) is 13.9. The topological polar surface area (TPSA) is 45.5 Å². The van der Waals surface area contributed by atoms with Crippen LogP contribution in [0, 0.1) is 11.3 Å². The Hall–Kier alpha value is -1.62. The minimum absolute atomic E-state index is 0.176. The van der Waals surface area contributed by atoms with Crippen LogP contribution >= 0.6 is 0 Å². The van der Waals surface area contributed by atoms with Gasteiger partial charge in [0.25, 0.3) is 22.6 Å². The first-order valence-electron chi connectivity index (χ1n) is 7.71. The maximum atomic E-state index is 8.92. The number of hydrogen-bond acceptors (Lipinski definition) is 4. The highest BCUT2D eigenvalue weighted by Crippen LogP contribution is 2.32. The van der Waals surface area contributed by atoms with E-state index < -0.39 is 0 Å². The van der Waals surface area contributed by atoms with Crippen LogP contribution < -0.4 is 27.3 Å². The molecule has 0 radical (unpaired) electrons. The second-order valence-electron chi connectivity index (χ2n) is 5.51. The number of methoxy groups -OCH3 is 1. The Morgan fingerprint density at radius 2 is 2.25 bits per heavy atom. The smallest absolute Gasteiger partial charge is 0.288 e. The van der Waals surface area contributed by atoms with Crippen LogP contribution in [0.3, 0.4) is 0 Å². The summed E-state index contributed by atoms with van der Waals surface area (Å²) in [5.41, 5.74) is 3.22. The van der Waals surface area contributed by atoms with Crippen molar-refractivity contribution in [3.05, 3.63) is 63.3 Å². The number of rotatable bonds is 4. The van der Waals surface area contributed by atoms with Gasteiger partial charge in [-0.3, -0.25) is 4.90 Å². The molecule has 0 amide bonds. The summed E-state index contributed by atoms with van der Waals surface area (Å²) < 4.78 is 13.6. The maximum absolute atomic E-state index is 8.92. The van der Waals surface area contributed by atoms with Crippen molar-refractivity contribution in [2.45, 2.75) is 6.10 Å². The fraction of sp³-hybridized carbons (Fsp3) is 0.316. The standard InChI is InChI=1S/C19H22IN2O2/c1-22-11-12-24-19(15-5-3-7-17(13-15)23-2)18(8-9-20)16(14-22)6-4-10-21/h3-9,13,19-20H,11-12,14H2,1-2H3/q+1/b6-4+,9-8-,18-16-. The summed E-state index contributed by atoms with van der Waals surface area (Å²) in [4.78, 5) is 2.20. The monoisotopic (exact) mass is 437 g/mol. The molecule has 1 unspecified atom stereocenters. The van der Waals surface area contributed by atoms with Crippen LogP contribution in [0.25, 0.3) is 0 Å². The molecule has 0 aromatic heterocycles. The Kier molecular flexibility index (Phi) is 7.50. The summed E-state index contributed by atoms with van der Waals surface area (Å²) in [6, 6.07) is 10.0. The van der Waals surface area contributed by atoms with E-state index in [9.17, 15) is 0 Å². The van der Waals surface area contributed by atoms with Gasteiger partial charge in [-0.2, -0.15) is 5.26 Å². The first-order valence-corrected chi connectivity index (χ1v) is 9.06. The Morgan fingerprint density at radius 1 is 1.42 bits per heavy atom. The molecule has 0 spiro atoms. The molecule has 1 heterocycles. The lowest BCUT2D eigenvalue weighted by Crippen LogP contribution is -3.30. The van der Waals surface area contributed by atoms with Crippen molar-refractivity contribution in [3.8, 4) is 11.8 Å². The van der Waals surface area contributed by atoms with Gasteiger partial charge >= 0.3 is 0 Å². The van der Waals surface area contributed by atoms with Gasteiger partial charge in [-0.15, -0.1) is 0 Å². The van der Waals surface area contributed by atoms with Crippen molar-refractivity contribution in [1.82, 2.24) is 4.90 Å². The molecule has 1 atom stereocenters. The van der Waals surface area contributed by atoms with Gasteiger partial charge in [0.2, 0.25) is 0 Å². The van der Waals surface area contributed by atoms with Crippen LogP contribution in [-0.4, -0.2) is 38.8 Å². The second kappa shape index (κ2) is 9.62. The lowest BCUT2D eigenvalue weighted by molar-refractivity contribution is -0.274. The number of allylic oxidation sites excluding steroid dienone is 1. The van der Waals surface area contributed by atoms with Crippen LogP contribution in [-0.2, 0) is 4.74 Å². The highest BCUT2D eigenvalue weighted by Gasteiger charge is 2.22. The van der Waals surface area contributed by atoms with Crippen LogP contribution in [0.5, 0.6) is 5.75 Å². The predicted octanol–water partition coefficient (Wildman–Crippen LogP) is -0.126. The first kappa shape index (κ1) is 18.7. The van der Waals surface area contributed by atoms with Gasteiger partial charge < -0.3 is 9.47 Å². The molecular weight excluding hydrogens is 415 g/mol. The molecule has 1 aromatic rings. The molecule has 1 aliphatic heterocycles. The van der Waals surface area contributed by atoms with Gasteiger partial charge in [-0.05, 0) is 48.0 Å². The van der Waals surface area contributed by atoms with Crippen LogP contribution in [0.2, 0.25) is 0 Å². The van der Waals surface area contributed by atoms with E-state index in [1.165, 1.54) is 6.08 Å². The average Bonchev–Trinajstić information content (AvgIpc) is 2.59. The summed E-state index contributed by atoms with van der Waals surface area (Å²) in [6.07, 6.45) is 5.31. The van der Waals surface area contributed by atoms with E-state index in [-0.39, 0.29) is 6.10 Å². The van der Waals surface area contributed by atoms with Gasteiger partial charge in [0, 0.05) is 19.2 Å². The number of halogens is 1. The van der Waals surface area contributed by atoms with E-state index in [0.29, 0.717) is 6.61 Å². The molecule has 126 valence electrons. The number of nitriles is 1. The number of nitrogens with zero attached hydrogens (tertiary/aromatic N) is 2. The van der Waals surface area contributed by atoms with E-state index in [0.717, 1.165) is 35.5 Å². The molecule has 4 nitrogen and oxygen atoms in total. The molecule has 1 aliphatic rings. The van der Waals surface area contributed by atoms with E-state index in [2.05, 4.69) is 30.2 Å². The normalized spacial score (nSPS) is 23.2. The molecule has 0 saturated carbocycles. The van der Waals surface area contributed by atoms with Crippen molar-refractivity contribution in [2.24, 2.45) is 0 Å². The maximum Gasteiger partial charge on any atom is 0.288 e. The van der Waals surface area contributed by atoms with E-state index in [1.807, 2.05) is 50.9 Å². The summed E-state index contributed by atoms with van der Waals surface area (Å²) >= 11 is 1.92. The quantitative estimate of drug-likeness (QED) is 0.487. The van der Waals surface area contributed by atoms with Crippen molar-refractivity contribution in [1.29, 1.82) is 5.26 Å². The van der Waals surface area contributed by atoms with Crippen LogP contribution in [0.1, 0.15) is 11.7 Å². The van der Waals surface area contributed by atoms with E-state index in [1.54, 1.807) is 7.11 Å². The second-order valence-corrected chi connectivity index (χ2v) is 6.29. The summed E-state index contributed by atoms with van der Waals surface area (Å²) in [5.74, 6) is 0.810. The predicted molar refractivity (Wildman–Crippen MR) is 91.5 cm³/mol. The molecule has 5 heteroatoms. The highest BCUT2D eigenvalue weighted by atomic mass is 127. The Bertz CT molecular complexity index is 689. The number of ether oxygens (including phenoxy) is 2. The van der Waals surface area contributed by atoms with Crippen molar-refractivity contribution >= 4 is 0 Å². The fourth-order valence-corrected chi connectivity index (χ4v) is 3.10.